The van der Waals surface area contributed by atoms with Crippen molar-refractivity contribution in [2.24, 2.45) is 0 Å². The number of amides is 1. The third-order valence-corrected chi connectivity index (χ3v) is 16.6. The molecule has 7 atom stereocenters. The molecule has 0 aromatic heterocycles. The Morgan fingerprint density at radius 2 is 0.713 bits per heavy atom. The van der Waals surface area contributed by atoms with Gasteiger partial charge in [0, 0.05) is 6.42 Å². The molecule has 1 rings (SSSR count). The van der Waals surface area contributed by atoms with Crippen molar-refractivity contribution in [2.45, 2.75) is 384 Å². The highest BCUT2D eigenvalue weighted by molar-refractivity contribution is 5.76. The van der Waals surface area contributed by atoms with E-state index >= 15 is 0 Å². The van der Waals surface area contributed by atoms with Crippen molar-refractivity contribution >= 4 is 5.91 Å². The summed E-state index contributed by atoms with van der Waals surface area (Å²) in [6.07, 6.45) is 75.1. The van der Waals surface area contributed by atoms with Crippen LogP contribution in [0.25, 0.3) is 0 Å². The lowest BCUT2D eigenvalue weighted by Crippen LogP contribution is -2.60. The first-order valence-corrected chi connectivity index (χ1v) is 34.9. The average Bonchev–Trinajstić information content (AvgIpc) is 3.46. The number of aliphatic hydroxyl groups excluding tert-OH is 5. The van der Waals surface area contributed by atoms with E-state index < -0.39 is 49.5 Å². The van der Waals surface area contributed by atoms with Crippen LogP contribution >= 0.6 is 0 Å². The standard InChI is InChI=1S/C71H133NO8/c1-3-5-7-9-11-13-15-17-19-21-23-25-27-29-31-32-33-35-36-38-40-42-44-46-48-50-52-54-56-58-60-65(74)64(63-79-71-70(78)69(77)68(76)66(62-73)80-71)72-67(75)61-59-57-55-53-51-49-47-45-43-41-39-37-34-30-28-26-24-22-20-18-16-14-12-10-8-6-4-2/h22,24,42,44,50,52,58,60,64-66,68-71,73-74,76-78H,3-21,23,25-41,43,45-49,51,53-57,59,61-63H2,1-2H3,(H,72,75)/b24-22-,44-42+,52-50+,60-58+. The Kier molecular flexibility index (Phi) is 57.4. The fourth-order valence-corrected chi connectivity index (χ4v) is 11.1. The summed E-state index contributed by atoms with van der Waals surface area (Å²) in [5, 5.41) is 54.7. The zero-order valence-electron chi connectivity index (χ0n) is 52.6. The largest absolute Gasteiger partial charge is 0.394 e. The van der Waals surface area contributed by atoms with Crippen LogP contribution in [0.2, 0.25) is 0 Å². The van der Waals surface area contributed by atoms with Gasteiger partial charge in [-0.2, -0.15) is 0 Å². The summed E-state index contributed by atoms with van der Waals surface area (Å²) in [7, 11) is 0. The zero-order chi connectivity index (χ0) is 57.9. The summed E-state index contributed by atoms with van der Waals surface area (Å²) in [6, 6.07) is -0.830. The van der Waals surface area contributed by atoms with Crippen molar-refractivity contribution < 1.29 is 39.8 Å². The molecule has 6 N–H and O–H groups in total. The lowest BCUT2D eigenvalue weighted by Gasteiger charge is -2.40. The Morgan fingerprint density at radius 1 is 0.412 bits per heavy atom. The predicted molar refractivity (Wildman–Crippen MR) is 341 cm³/mol. The molecule has 1 aliphatic heterocycles. The minimum absolute atomic E-state index is 0.186. The van der Waals surface area contributed by atoms with Gasteiger partial charge in [0.1, 0.15) is 24.4 Å². The van der Waals surface area contributed by atoms with Gasteiger partial charge in [0.2, 0.25) is 5.91 Å². The van der Waals surface area contributed by atoms with Crippen LogP contribution in [-0.2, 0) is 14.3 Å². The molecule has 0 saturated carbocycles. The molecule has 1 heterocycles. The minimum Gasteiger partial charge on any atom is -0.394 e. The maximum absolute atomic E-state index is 13.1. The van der Waals surface area contributed by atoms with Gasteiger partial charge >= 0.3 is 0 Å². The second-order valence-electron chi connectivity index (χ2n) is 24.3. The smallest absolute Gasteiger partial charge is 0.220 e. The molecule has 1 fully saturated rings. The van der Waals surface area contributed by atoms with E-state index in [-0.39, 0.29) is 12.5 Å². The Balaban J connectivity index is 2.17. The molecule has 0 radical (unpaired) electrons. The first-order chi connectivity index (χ1) is 39.3. The first-order valence-electron chi connectivity index (χ1n) is 34.9. The van der Waals surface area contributed by atoms with Gasteiger partial charge in [0.05, 0.1) is 25.4 Å². The lowest BCUT2D eigenvalue weighted by molar-refractivity contribution is -0.302. The fourth-order valence-electron chi connectivity index (χ4n) is 11.1. The Hall–Kier alpha value is -1.85. The van der Waals surface area contributed by atoms with Crippen molar-refractivity contribution in [1.29, 1.82) is 0 Å². The van der Waals surface area contributed by atoms with Crippen LogP contribution < -0.4 is 5.32 Å². The van der Waals surface area contributed by atoms with E-state index in [2.05, 4.69) is 55.6 Å². The molecule has 0 aromatic rings. The number of nitrogens with one attached hydrogen (secondary N) is 1. The SMILES string of the molecule is CCCCCCCCCC/C=C\CCCCCCCCCCCCCCCCCC(=O)NC(COC1OC(CO)C(O)C(O)C1O)C(O)/C=C/CC/C=C/CC/C=C/CCCCCCCCCCCCCCCCCCCCCC. The minimum atomic E-state index is -1.58. The molecular formula is C71H133NO8. The van der Waals surface area contributed by atoms with E-state index in [4.69, 9.17) is 9.47 Å². The van der Waals surface area contributed by atoms with Crippen molar-refractivity contribution in [1.82, 2.24) is 5.32 Å². The molecule has 0 aliphatic carbocycles. The number of unbranched alkanes of at least 4 members (excludes halogenated alkanes) is 45. The first kappa shape index (κ1) is 76.2. The molecule has 1 aliphatic rings. The van der Waals surface area contributed by atoms with Gasteiger partial charge in [0.15, 0.2) is 6.29 Å². The van der Waals surface area contributed by atoms with Crippen molar-refractivity contribution in [2.75, 3.05) is 13.2 Å². The Labute approximate surface area is 494 Å². The van der Waals surface area contributed by atoms with Gasteiger partial charge in [0.25, 0.3) is 0 Å². The van der Waals surface area contributed by atoms with E-state index in [0.29, 0.717) is 6.42 Å². The zero-order valence-corrected chi connectivity index (χ0v) is 52.6. The predicted octanol–water partition coefficient (Wildman–Crippen LogP) is 18.8. The van der Waals surface area contributed by atoms with E-state index in [1.807, 2.05) is 6.08 Å². The summed E-state index contributed by atoms with van der Waals surface area (Å²) in [4.78, 5) is 13.1. The number of hydrogen-bond donors (Lipinski definition) is 6. The highest BCUT2D eigenvalue weighted by atomic mass is 16.7. The van der Waals surface area contributed by atoms with Crippen LogP contribution in [0.5, 0.6) is 0 Å². The number of carbonyl (C=O) groups excluding carboxylic acids is 1. The van der Waals surface area contributed by atoms with Crippen LogP contribution in [0.3, 0.4) is 0 Å². The quantitative estimate of drug-likeness (QED) is 0.0261. The Morgan fingerprint density at radius 3 is 1.05 bits per heavy atom. The maximum Gasteiger partial charge on any atom is 0.220 e. The summed E-state index contributed by atoms with van der Waals surface area (Å²) >= 11 is 0. The number of rotatable bonds is 61. The topological polar surface area (TPSA) is 149 Å². The molecule has 1 saturated heterocycles. The van der Waals surface area contributed by atoms with Gasteiger partial charge in [-0.15, -0.1) is 0 Å². The fraction of sp³-hybridized carbons (Fsp3) is 0.873. The van der Waals surface area contributed by atoms with E-state index in [1.165, 1.54) is 276 Å². The number of carbonyl (C=O) groups is 1. The van der Waals surface area contributed by atoms with Crippen molar-refractivity contribution in [3.63, 3.8) is 0 Å². The van der Waals surface area contributed by atoms with Crippen LogP contribution in [0.4, 0.5) is 0 Å². The van der Waals surface area contributed by atoms with E-state index in [9.17, 15) is 30.3 Å². The molecule has 9 nitrogen and oxygen atoms in total. The van der Waals surface area contributed by atoms with Gasteiger partial charge in [-0.3, -0.25) is 4.79 Å². The monoisotopic (exact) mass is 1130 g/mol. The molecular weight excluding hydrogens is 995 g/mol. The molecule has 9 heteroatoms. The maximum atomic E-state index is 13.1. The summed E-state index contributed by atoms with van der Waals surface area (Å²) < 4.78 is 11.3. The number of aliphatic hydroxyl groups is 5. The summed E-state index contributed by atoms with van der Waals surface area (Å²) in [5.41, 5.74) is 0. The number of allylic oxidation sites excluding steroid dienone is 7. The highest BCUT2D eigenvalue weighted by Gasteiger charge is 2.44. The van der Waals surface area contributed by atoms with Gasteiger partial charge in [-0.05, 0) is 70.6 Å². The van der Waals surface area contributed by atoms with E-state index in [0.717, 1.165) is 44.9 Å². The second-order valence-corrected chi connectivity index (χ2v) is 24.3. The molecule has 0 spiro atoms. The summed E-state index contributed by atoms with van der Waals surface area (Å²) in [6.45, 7) is 3.80. The summed E-state index contributed by atoms with van der Waals surface area (Å²) in [5.74, 6) is -0.186. The van der Waals surface area contributed by atoms with Gasteiger partial charge in [-0.25, -0.2) is 0 Å². The normalized spacial score (nSPS) is 18.7. The molecule has 0 aromatic carbocycles. The number of hydrogen-bond acceptors (Lipinski definition) is 8. The molecule has 470 valence electrons. The van der Waals surface area contributed by atoms with Crippen molar-refractivity contribution in [3.05, 3.63) is 48.6 Å². The molecule has 0 bridgehead atoms. The van der Waals surface area contributed by atoms with E-state index in [1.54, 1.807) is 6.08 Å². The Bertz CT molecular complexity index is 1400. The van der Waals surface area contributed by atoms with Crippen LogP contribution in [0, 0.1) is 0 Å². The van der Waals surface area contributed by atoms with Crippen LogP contribution in [0.1, 0.15) is 341 Å². The number of ether oxygens (including phenoxy) is 2. The highest BCUT2D eigenvalue weighted by Crippen LogP contribution is 2.23. The third kappa shape index (κ3) is 48.5. The molecule has 1 amide bonds. The molecule has 80 heavy (non-hydrogen) atoms. The van der Waals surface area contributed by atoms with Crippen molar-refractivity contribution in [3.8, 4) is 0 Å². The van der Waals surface area contributed by atoms with Crippen LogP contribution in [-0.4, -0.2) is 87.5 Å². The van der Waals surface area contributed by atoms with Gasteiger partial charge < -0.3 is 40.3 Å². The lowest BCUT2D eigenvalue weighted by atomic mass is 9.99. The third-order valence-electron chi connectivity index (χ3n) is 16.6. The van der Waals surface area contributed by atoms with Gasteiger partial charge in [-0.1, -0.05) is 313 Å². The second kappa shape index (κ2) is 60.3. The molecule has 7 unspecified atom stereocenters. The average molecular weight is 1130 g/mol. The van der Waals surface area contributed by atoms with Crippen LogP contribution in [0.15, 0.2) is 48.6 Å².